The molecule has 0 amide bonds. The zero-order chi connectivity index (χ0) is 14.0. The monoisotopic (exact) mass is 323 g/mol. The van der Waals surface area contributed by atoms with Crippen LogP contribution in [0.15, 0.2) is 40.9 Å². The van der Waals surface area contributed by atoms with Crippen LogP contribution in [-0.2, 0) is 0 Å². The number of anilines is 1. The summed E-state index contributed by atoms with van der Waals surface area (Å²) in [4.78, 5) is 12.4. The van der Waals surface area contributed by atoms with Gasteiger partial charge in [0.15, 0.2) is 5.78 Å². The van der Waals surface area contributed by atoms with Crippen molar-refractivity contribution in [2.45, 2.75) is 0 Å². The second-order valence-electron chi connectivity index (χ2n) is 3.95. The van der Waals surface area contributed by atoms with Crippen LogP contribution in [0, 0.1) is 5.82 Å². The Morgan fingerprint density at radius 3 is 2.63 bits per heavy atom. The van der Waals surface area contributed by atoms with Gasteiger partial charge in [-0.1, -0.05) is 15.9 Å². The molecular formula is C14H11BrFNO2. The van der Waals surface area contributed by atoms with Crippen molar-refractivity contribution in [1.82, 2.24) is 0 Å². The lowest BCUT2D eigenvalue weighted by Crippen LogP contribution is -2.05. The summed E-state index contributed by atoms with van der Waals surface area (Å²) in [6, 6.07) is 8.66. The zero-order valence-corrected chi connectivity index (χ0v) is 11.7. The fraction of sp³-hybridized carbons (Fsp3) is 0.0714. The van der Waals surface area contributed by atoms with Crippen molar-refractivity contribution in [2.24, 2.45) is 0 Å². The normalized spacial score (nSPS) is 10.3. The molecule has 0 saturated heterocycles. The number of benzene rings is 2. The van der Waals surface area contributed by atoms with Gasteiger partial charge in [0.25, 0.3) is 0 Å². The van der Waals surface area contributed by atoms with E-state index in [1.54, 1.807) is 12.1 Å². The molecule has 0 spiro atoms. The SMILES string of the molecule is COc1ccc(F)cc1C(=O)c1cc(N)cc(Br)c1. The van der Waals surface area contributed by atoms with E-state index < -0.39 is 5.82 Å². The van der Waals surface area contributed by atoms with Crippen molar-refractivity contribution < 1.29 is 13.9 Å². The van der Waals surface area contributed by atoms with Crippen LogP contribution in [0.3, 0.4) is 0 Å². The third kappa shape index (κ3) is 2.93. The van der Waals surface area contributed by atoms with E-state index >= 15 is 0 Å². The van der Waals surface area contributed by atoms with E-state index in [1.807, 2.05) is 0 Å². The third-order valence-electron chi connectivity index (χ3n) is 2.59. The largest absolute Gasteiger partial charge is 0.496 e. The van der Waals surface area contributed by atoms with E-state index in [4.69, 9.17) is 10.5 Å². The van der Waals surface area contributed by atoms with Gasteiger partial charge in [-0.25, -0.2) is 4.39 Å². The first-order valence-electron chi connectivity index (χ1n) is 5.45. The van der Waals surface area contributed by atoms with Gasteiger partial charge in [-0.15, -0.1) is 0 Å². The highest BCUT2D eigenvalue weighted by Crippen LogP contribution is 2.25. The summed E-state index contributed by atoms with van der Waals surface area (Å²) in [5, 5.41) is 0. The number of hydrogen-bond acceptors (Lipinski definition) is 3. The molecule has 0 atom stereocenters. The maximum Gasteiger partial charge on any atom is 0.196 e. The number of ketones is 1. The average Bonchev–Trinajstić information content (AvgIpc) is 2.36. The Balaban J connectivity index is 2.52. The third-order valence-corrected chi connectivity index (χ3v) is 3.05. The Morgan fingerprint density at radius 1 is 1.26 bits per heavy atom. The quantitative estimate of drug-likeness (QED) is 0.695. The lowest BCUT2D eigenvalue weighted by molar-refractivity contribution is 0.103. The van der Waals surface area contributed by atoms with Crippen molar-refractivity contribution in [3.63, 3.8) is 0 Å². The lowest BCUT2D eigenvalue weighted by atomic mass is 10.0. The maximum absolute atomic E-state index is 13.3. The summed E-state index contributed by atoms with van der Waals surface area (Å²) in [5.41, 5.74) is 6.68. The molecule has 0 saturated carbocycles. The lowest BCUT2D eigenvalue weighted by Gasteiger charge is -2.08. The average molecular weight is 324 g/mol. The summed E-state index contributed by atoms with van der Waals surface area (Å²) >= 11 is 3.27. The number of halogens is 2. The molecule has 0 aromatic heterocycles. The number of carbonyl (C=O) groups is 1. The highest BCUT2D eigenvalue weighted by Gasteiger charge is 2.16. The van der Waals surface area contributed by atoms with E-state index in [1.165, 1.54) is 25.3 Å². The number of hydrogen-bond donors (Lipinski definition) is 1. The topological polar surface area (TPSA) is 52.3 Å². The molecule has 2 aromatic carbocycles. The van der Waals surface area contributed by atoms with E-state index in [0.717, 1.165) is 6.07 Å². The van der Waals surface area contributed by atoms with Crippen molar-refractivity contribution in [3.05, 3.63) is 57.8 Å². The van der Waals surface area contributed by atoms with E-state index in [0.29, 0.717) is 21.5 Å². The molecule has 2 rings (SSSR count). The standard InChI is InChI=1S/C14H11BrFNO2/c1-19-13-3-2-10(16)7-12(13)14(18)8-4-9(15)6-11(17)5-8/h2-7H,17H2,1H3. The molecule has 0 aliphatic carbocycles. The minimum absolute atomic E-state index is 0.167. The maximum atomic E-state index is 13.3. The summed E-state index contributed by atoms with van der Waals surface area (Å²) < 4.78 is 19.0. The van der Waals surface area contributed by atoms with Crippen LogP contribution < -0.4 is 10.5 Å². The minimum atomic E-state index is -0.493. The molecule has 0 unspecified atom stereocenters. The molecule has 0 aliphatic heterocycles. The summed E-state index contributed by atoms with van der Waals surface area (Å²) in [5.74, 6) is -0.513. The predicted molar refractivity (Wildman–Crippen MR) is 74.9 cm³/mol. The summed E-state index contributed by atoms with van der Waals surface area (Å²) in [6.45, 7) is 0. The Hall–Kier alpha value is -1.88. The van der Waals surface area contributed by atoms with Gasteiger partial charge in [-0.3, -0.25) is 4.79 Å². The second kappa shape index (κ2) is 5.40. The molecule has 0 bridgehead atoms. The molecule has 3 nitrogen and oxygen atoms in total. The number of carbonyl (C=O) groups excluding carboxylic acids is 1. The van der Waals surface area contributed by atoms with Gasteiger partial charge < -0.3 is 10.5 Å². The van der Waals surface area contributed by atoms with Gasteiger partial charge in [0, 0.05) is 15.7 Å². The van der Waals surface area contributed by atoms with Gasteiger partial charge in [-0.2, -0.15) is 0 Å². The van der Waals surface area contributed by atoms with Crippen LogP contribution in [0.5, 0.6) is 5.75 Å². The van der Waals surface area contributed by atoms with Gasteiger partial charge in [0.1, 0.15) is 11.6 Å². The van der Waals surface area contributed by atoms with Crippen LogP contribution in [0.1, 0.15) is 15.9 Å². The van der Waals surface area contributed by atoms with Gasteiger partial charge in [0.2, 0.25) is 0 Å². The Bertz CT molecular complexity index is 623. The highest BCUT2D eigenvalue weighted by molar-refractivity contribution is 9.10. The number of nitrogens with two attached hydrogens (primary N) is 1. The van der Waals surface area contributed by atoms with Crippen molar-refractivity contribution >= 4 is 27.4 Å². The second-order valence-corrected chi connectivity index (χ2v) is 4.86. The smallest absolute Gasteiger partial charge is 0.196 e. The Labute approximate surface area is 118 Å². The zero-order valence-electron chi connectivity index (χ0n) is 10.1. The first kappa shape index (κ1) is 13.5. The number of methoxy groups -OCH3 is 1. The molecule has 98 valence electrons. The number of nitrogen functional groups attached to an aromatic ring is 1. The number of ether oxygens (including phenoxy) is 1. The van der Waals surface area contributed by atoms with Crippen molar-refractivity contribution in [1.29, 1.82) is 0 Å². The predicted octanol–water partition coefficient (Wildman–Crippen LogP) is 3.41. The van der Waals surface area contributed by atoms with E-state index in [2.05, 4.69) is 15.9 Å². The summed E-state index contributed by atoms with van der Waals surface area (Å²) in [6.07, 6.45) is 0. The van der Waals surface area contributed by atoms with E-state index in [-0.39, 0.29) is 11.3 Å². The van der Waals surface area contributed by atoms with Crippen molar-refractivity contribution in [3.8, 4) is 5.75 Å². The van der Waals surface area contributed by atoms with Crippen LogP contribution in [0.25, 0.3) is 0 Å². The van der Waals surface area contributed by atoms with Crippen LogP contribution in [0.4, 0.5) is 10.1 Å². The minimum Gasteiger partial charge on any atom is -0.496 e. The van der Waals surface area contributed by atoms with Gasteiger partial charge >= 0.3 is 0 Å². The van der Waals surface area contributed by atoms with E-state index in [9.17, 15) is 9.18 Å². The Morgan fingerprint density at radius 2 is 2.00 bits per heavy atom. The first-order valence-corrected chi connectivity index (χ1v) is 6.25. The summed E-state index contributed by atoms with van der Waals surface area (Å²) in [7, 11) is 1.43. The van der Waals surface area contributed by atoms with Crippen LogP contribution in [-0.4, -0.2) is 12.9 Å². The highest BCUT2D eigenvalue weighted by atomic mass is 79.9. The molecule has 0 heterocycles. The van der Waals surface area contributed by atoms with Crippen LogP contribution >= 0.6 is 15.9 Å². The van der Waals surface area contributed by atoms with Gasteiger partial charge in [0.05, 0.1) is 12.7 Å². The fourth-order valence-corrected chi connectivity index (χ4v) is 2.27. The Kier molecular flexibility index (Phi) is 3.85. The first-order chi connectivity index (χ1) is 9.01. The molecule has 5 heteroatoms. The van der Waals surface area contributed by atoms with Crippen molar-refractivity contribution in [2.75, 3.05) is 12.8 Å². The van der Waals surface area contributed by atoms with Crippen LogP contribution in [0.2, 0.25) is 0 Å². The molecule has 0 aliphatic rings. The molecule has 0 radical (unpaired) electrons. The molecule has 2 N–H and O–H groups in total. The number of rotatable bonds is 3. The molecule has 2 aromatic rings. The molecule has 0 fully saturated rings. The fourth-order valence-electron chi connectivity index (χ4n) is 1.76. The van der Waals surface area contributed by atoms with Gasteiger partial charge in [-0.05, 0) is 36.4 Å². The molecular weight excluding hydrogens is 313 g/mol. The molecule has 19 heavy (non-hydrogen) atoms.